The SMILES string of the molecule is CCCCCCc1ccc2c(F)c(C#Cc3ccc(C#Cc4ccc(CCCCC)cc4)cc3)ccc2c1. The molecular formula is C37H37F. The van der Waals surface area contributed by atoms with Crippen molar-refractivity contribution in [2.45, 2.75) is 71.6 Å². The average molecular weight is 501 g/mol. The molecule has 0 radical (unpaired) electrons. The van der Waals surface area contributed by atoms with Crippen LogP contribution < -0.4 is 0 Å². The van der Waals surface area contributed by atoms with Crippen LogP contribution in [-0.2, 0) is 12.8 Å². The normalized spacial score (nSPS) is 10.5. The molecule has 38 heavy (non-hydrogen) atoms. The molecule has 0 heterocycles. The number of unbranched alkanes of at least 4 members (excludes halogenated alkanes) is 5. The Morgan fingerprint density at radius 2 is 1.05 bits per heavy atom. The topological polar surface area (TPSA) is 0 Å². The third kappa shape index (κ3) is 7.84. The molecule has 0 fully saturated rings. The van der Waals surface area contributed by atoms with Gasteiger partial charge < -0.3 is 0 Å². The number of hydrogen-bond donors (Lipinski definition) is 0. The predicted octanol–water partition coefficient (Wildman–Crippen LogP) is 9.63. The Kier molecular flexibility index (Phi) is 10.2. The van der Waals surface area contributed by atoms with Gasteiger partial charge in [-0.15, -0.1) is 0 Å². The van der Waals surface area contributed by atoms with E-state index < -0.39 is 0 Å². The van der Waals surface area contributed by atoms with Crippen LogP contribution in [0.1, 0.15) is 92.2 Å². The molecule has 0 aliphatic rings. The zero-order valence-electron chi connectivity index (χ0n) is 22.7. The first-order valence-corrected chi connectivity index (χ1v) is 14.1. The molecule has 0 atom stereocenters. The summed E-state index contributed by atoms with van der Waals surface area (Å²) in [6.07, 6.45) is 10.9. The zero-order valence-corrected chi connectivity index (χ0v) is 22.7. The van der Waals surface area contributed by atoms with Gasteiger partial charge in [0.15, 0.2) is 0 Å². The van der Waals surface area contributed by atoms with E-state index in [1.165, 1.54) is 56.1 Å². The standard InChI is InChI=1S/C37H37F/c1-3-5-7-9-11-33-23-27-36-35(28-33)26-25-34(37(36)38)24-22-32-20-18-31(19-21-32)17-16-30-14-12-29(13-15-30)10-8-6-4-2/h12-15,18-21,23,25-28H,3-11H2,1-2H3. The summed E-state index contributed by atoms with van der Waals surface area (Å²) in [5, 5.41) is 1.57. The van der Waals surface area contributed by atoms with Crippen molar-refractivity contribution < 1.29 is 4.39 Å². The molecule has 1 heteroatoms. The van der Waals surface area contributed by atoms with Gasteiger partial charge in [-0.2, -0.15) is 0 Å². The number of hydrogen-bond acceptors (Lipinski definition) is 0. The Morgan fingerprint density at radius 3 is 1.71 bits per heavy atom. The van der Waals surface area contributed by atoms with Crippen molar-refractivity contribution in [3.8, 4) is 23.7 Å². The first-order chi connectivity index (χ1) is 18.7. The van der Waals surface area contributed by atoms with Gasteiger partial charge in [0, 0.05) is 22.1 Å². The number of halogens is 1. The van der Waals surface area contributed by atoms with Gasteiger partial charge in [-0.3, -0.25) is 0 Å². The second kappa shape index (κ2) is 14.2. The summed E-state index contributed by atoms with van der Waals surface area (Å²) in [6, 6.07) is 26.2. The van der Waals surface area contributed by atoms with E-state index in [0.717, 1.165) is 34.9 Å². The molecule has 0 saturated heterocycles. The van der Waals surface area contributed by atoms with E-state index >= 15 is 4.39 Å². The highest BCUT2D eigenvalue weighted by atomic mass is 19.1. The van der Waals surface area contributed by atoms with Crippen LogP contribution in [0.2, 0.25) is 0 Å². The van der Waals surface area contributed by atoms with Gasteiger partial charge in [0.1, 0.15) is 5.82 Å². The fourth-order valence-corrected chi connectivity index (χ4v) is 4.60. The van der Waals surface area contributed by atoms with Crippen LogP contribution in [0, 0.1) is 29.5 Å². The summed E-state index contributed by atoms with van der Waals surface area (Å²) >= 11 is 0. The molecule has 0 nitrogen and oxygen atoms in total. The van der Waals surface area contributed by atoms with Crippen molar-refractivity contribution in [3.05, 3.63) is 118 Å². The lowest BCUT2D eigenvalue weighted by Gasteiger charge is -2.06. The van der Waals surface area contributed by atoms with Crippen LogP contribution in [0.25, 0.3) is 10.8 Å². The van der Waals surface area contributed by atoms with E-state index in [4.69, 9.17) is 0 Å². The molecule has 4 rings (SSSR count). The lowest BCUT2D eigenvalue weighted by Crippen LogP contribution is -1.90. The van der Waals surface area contributed by atoms with Crippen molar-refractivity contribution in [2.24, 2.45) is 0 Å². The number of aryl methyl sites for hydroxylation is 2. The van der Waals surface area contributed by atoms with Crippen molar-refractivity contribution in [1.82, 2.24) is 0 Å². The predicted molar refractivity (Wildman–Crippen MR) is 160 cm³/mol. The van der Waals surface area contributed by atoms with Crippen LogP contribution >= 0.6 is 0 Å². The summed E-state index contributed by atoms with van der Waals surface area (Å²) in [7, 11) is 0. The smallest absolute Gasteiger partial charge is 0.146 e. The number of rotatable bonds is 9. The Balaban J connectivity index is 1.39. The first-order valence-electron chi connectivity index (χ1n) is 14.1. The molecule has 0 saturated carbocycles. The second-order valence-corrected chi connectivity index (χ2v) is 10.0. The van der Waals surface area contributed by atoms with Crippen molar-refractivity contribution in [2.75, 3.05) is 0 Å². The van der Waals surface area contributed by atoms with Gasteiger partial charge >= 0.3 is 0 Å². The third-order valence-electron chi connectivity index (χ3n) is 6.94. The van der Waals surface area contributed by atoms with Crippen molar-refractivity contribution >= 4 is 10.8 Å². The summed E-state index contributed by atoms with van der Waals surface area (Å²) < 4.78 is 15.2. The molecular weight excluding hydrogens is 463 g/mol. The van der Waals surface area contributed by atoms with Crippen LogP contribution in [0.3, 0.4) is 0 Å². The Bertz CT molecular complexity index is 1450. The lowest BCUT2D eigenvalue weighted by molar-refractivity contribution is 0.636. The minimum atomic E-state index is -0.244. The molecule has 0 bridgehead atoms. The molecule has 0 aliphatic carbocycles. The van der Waals surface area contributed by atoms with Gasteiger partial charge in [-0.05, 0) is 84.7 Å². The quantitative estimate of drug-likeness (QED) is 0.158. The zero-order chi connectivity index (χ0) is 26.6. The molecule has 0 aliphatic heterocycles. The third-order valence-corrected chi connectivity index (χ3v) is 6.94. The van der Waals surface area contributed by atoms with Gasteiger partial charge in [0.05, 0.1) is 5.56 Å². The first kappa shape index (κ1) is 27.2. The van der Waals surface area contributed by atoms with Crippen LogP contribution in [0.4, 0.5) is 4.39 Å². The average Bonchev–Trinajstić information content (AvgIpc) is 2.95. The van der Waals surface area contributed by atoms with Crippen LogP contribution in [0.5, 0.6) is 0 Å². The van der Waals surface area contributed by atoms with Gasteiger partial charge in [0.25, 0.3) is 0 Å². The Morgan fingerprint density at radius 1 is 0.526 bits per heavy atom. The molecule has 4 aromatic carbocycles. The maximum absolute atomic E-state index is 15.2. The number of fused-ring (bicyclic) bond motifs is 1. The second-order valence-electron chi connectivity index (χ2n) is 10.0. The van der Waals surface area contributed by atoms with Crippen molar-refractivity contribution in [1.29, 1.82) is 0 Å². The van der Waals surface area contributed by atoms with E-state index in [1.807, 2.05) is 36.4 Å². The maximum Gasteiger partial charge on any atom is 0.146 e. The van der Waals surface area contributed by atoms with E-state index in [2.05, 4.69) is 73.9 Å². The molecule has 192 valence electrons. The van der Waals surface area contributed by atoms with Gasteiger partial charge in [0.2, 0.25) is 0 Å². The Hall–Kier alpha value is -3.81. The van der Waals surface area contributed by atoms with E-state index in [0.29, 0.717) is 10.9 Å². The van der Waals surface area contributed by atoms with E-state index in [1.54, 1.807) is 6.07 Å². The summed E-state index contributed by atoms with van der Waals surface area (Å²) in [4.78, 5) is 0. The largest absolute Gasteiger partial charge is 0.205 e. The Labute approximate surface area is 228 Å². The lowest BCUT2D eigenvalue weighted by atomic mass is 10.00. The highest BCUT2D eigenvalue weighted by Gasteiger charge is 2.06. The summed E-state index contributed by atoms with van der Waals surface area (Å²) in [5.74, 6) is 12.4. The highest BCUT2D eigenvalue weighted by molar-refractivity contribution is 5.85. The number of benzene rings is 4. The monoisotopic (exact) mass is 500 g/mol. The highest BCUT2D eigenvalue weighted by Crippen LogP contribution is 2.23. The summed E-state index contributed by atoms with van der Waals surface area (Å²) in [5.41, 5.74) is 5.87. The molecule has 0 unspecified atom stereocenters. The van der Waals surface area contributed by atoms with E-state index in [9.17, 15) is 0 Å². The van der Waals surface area contributed by atoms with Gasteiger partial charge in [-0.1, -0.05) is 106 Å². The molecule has 4 aromatic rings. The molecule has 0 aromatic heterocycles. The molecule has 0 amide bonds. The molecule has 0 N–H and O–H groups in total. The maximum atomic E-state index is 15.2. The van der Waals surface area contributed by atoms with Crippen LogP contribution in [0.15, 0.2) is 78.9 Å². The van der Waals surface area contributed by atoms with E-state index in [-0.39, 0.29) is 5.82 Å². The molecule has 0 spiro atoms. The minimum Gasteiger partial charge on any atom is -0.205 e. The van der Waals surface area contributed by atoms with Crippen LogP contribution in [-0.4, -0.2) is 0 Å². The summed E-state index contributed by atoms with van der Waals surface area (Å²) in [6.45, 7) is 4.45. The van der Waals surface area contributed by atoms with Gasteiger partial charge in [-0.25, -0.2) is 4.39 Å². The fraction of sp³-hybridized carbons (Fsp3) is 0.297. The minimum absolute atomic E-state index is 0.244. The fourth-order valence-electron chi connectivity index (χ4n) is 4.60. The van der Waals surface area contributed by atoms with Crippen molar-refractivity contribution in [3.63, 3.8) is 0 Å².